The Hall–Kier alpha value is -2.10. The maximum atomic E-state index is 13.3. The monoisotopic (exact) mass is 507 g/mol. The summed E-state index contributed by atoms with van der Waals surface area (Å²) in [5, 5.41) is 7.74. The molecule has 0 unspecified atom stereocenters. The number of nitrogens with zero attached hydrogens (tertiary/aromatic N) is 1. The van der Waals surface area contributed by atoms with E-state index in [2.05, 4.69) is 24.5 Å². The fraction of sp³-hybridized carbons (Fsp3) is 0.654. The minimum atomic E-state index is -0.803. The number of amides is 2. The van der Waals surface area contributed by atoms with Crippen LogP contribution in [0.5, 0.6) is 0 Å². The van der Waals surface area contributed by atoms with Crippen molar-refractivity contribution in [3.63, 3.8) is 0 Å². The lowest BCUT2D eigenvalue weighted by molar-refractivity contribution is -0.211. The van der Waals surface area contributed by atoms with Crippen LogP contribution in [-0.4, -0.2) is 73.2 Å². The third kappa shape index (κ3) is 9.82. The van der Waals surface area contributed by atoms with Crippen LogP contribution in [0.1, 0.15) is 51.5 Å². The Morgan fingerprint density at radius 2 is 2.03 bits per heavy atom. The molecule has 0 saturated carbocycles. The Kier molecular flexibility index (Phi) is 13.2. The van der Waals surface area contributed by atoms with Crippen molar-refractivity contribution in [1.82, 2.24) is 15.7 Å². The van der Waals surface area contributed by atoms with Crippen LogP contribution in [0.15, 0.2) is 30.3 Å². The first-order valence-corrected chi connectivity index (χ1v) is 13.9. The summed E-state index contributed by atoms with van der Waals surface area (Å²) in [6.07, 6.45) is 5.48. The van der Waals surface area contributed by atoms with E-state index >= 15 is 0 Å². The van der Waals surface area contributed by atoms with Gasteiger partial charge in [-0.3, -0.25) is 14.4 Å². The third-order valence-electron chi connectivity index (χ3n) is 6.50. The molecule has 1 aliphatic heterocycles. The van der Waals surface area contributed by atoms with Crippen LogP contribution in [-0.2, 0) is 30.4 Å². The summed E-state index contributed by atoms with van der Waals surface area (Å²) >= 11 is 1.60. The molecule has 35 heavy (non-hydrogen) atoms. The van der Waals surface area contributed by atoms with Gasteiger partial charge in [0, 0.05) is 31.5 Å². The summed E-state index contributed by atoms with van der Waals surface area (Å²) in [6.45, 7) is 5.11. The van der Waals surface area contributed by atoms with Gasteiger partial charge in [-0.25, -0.2) is 9.86 Å². The second kappa shape index (κ2) is 15.8. The number of thioether (sulfide) groups is 1. The van der Waals surface area contributed by atoms with Crippen molar-refractivity contribution in [3.05, 3.63) is 35.9 Å². The molecule has 0 aromatic heterocycles. The highest BCUT2D eigenvalue weighted by Crippen LogP contribution is 2.17. The molecule has 4 atom stereocenters. The lowest BCUT2D eigenvalue weighted by Crippen LogP contribution is -2.50. The first-order chi connectivity index (χ1) is 16.9. The van der Waals surface area contributed by atoms with E-state index in [4.69, 9.17) is 9.57 Å². The maximum Gasteiger partial charge on any atom is 0.331 e. The van der Waals surface area contributed by atoms with E-state index in [0.29, 0.717) is 31.6 Å². The number of hydroxylamine groups is 2. The summed E-state index contributed by atoms with van der Waals surface area (Å²) in [5.74, 6) is 0.333. The zero-order chi connectivity index (χ0) is 25.6. The van der Waals surface area contributed by atoms with Crippen LogP contribution in [0.2, 0.25) is 0 Å². The van der Waals surface area contributed by atoms with Gasteiger partial charge in [0.25, 0.3) is 0 Å². The van der Waals surface area contributed by atoms with Crippen molar-refractivity contribution >= 4 is 29.5 Å². The van der Waals surface area contributed by atoms with Crippen LogP contribution >= 0.6 is 11.8 Å². The van der Waals surface area contributed by atoms with Gasteiger partial charge in [0.05, 0.1) is 13.7 Å². The molecule has 8 nitrogen and oxygen atoms in total. The second-order valence-corrected chi connectivity index (χ2v) is 10.0. The average molecular weight is 508 g/mol. The number of esters is 1. The number of hydrogen-bond donors (Lipinski definition) is 2. The number of hydrogen-bond acceptors (Lipinski definition) is 7. The maximum absolute atomic E-state index is 13.3. The highest BCUT2D eigenvalue weighted by molar-refractivity contribution is 7.98. The lowest BCUT2D eigenvalue weighted by Gasteiger charge is -2.32. The fourth-order valence-corrected chi connectivity index (χ4v) is 4.49. The molecule has 0 spiro atoms. The minimum Gasteiger partial charge on any atom is -0.467 e. The number of aryl methyl sites for hydroxylation is 1. The molecule has 1 fully saturated rings. The number of rotatable bonds is 16. The summed E-state index contributed by atoms with van der Waals surface area (Å²) < 4.78 is 5.03. The second-order valence-electron chi connectivity index (χ2n) is 9.02. The number of benzene rings is 1. The molecular weight excluding hydrogens is 466 g/mol. The molecule has 9 heteroatoms. The van der Waals surface area contributed by atoms with Gasteiger partial charge in [-0.2, -0.15) is 11.8 Å². The minimum absolute atomic E-state index is 0.0410. The normalized spacial score (nSPS) is 17.9. The molecule has 1 aliphatic rings. The molecule has 0 radical (unpaired) electrons. The predicted molar refractivity (Wildman–Crippen MR) is 139 cm³/mol. The van der Waals surface area contributed by atoms with Gasteiger partial charge in [0.2, 0.25) is 11.8 Å². The van der Waals surface area contributed by atoms with Crippen molar-refractivity contribution in [1.29, 1.82) is 0 Å². The number of methoxy groups -OCH3 is 1. The summed E-state index contributed by atoms with van der Waals surface area (Å²) in [7, 11) is 1.33. The topological polar surface area (TPSA) is 97.0 Å². The largest absolute Gasteiger partial charge is 0.467 e. The van der Waals surface area contributed by atoms with Crippen molar-refractivity contribution in [2.75, 3.05) is 32.3 Å². The number of ether oxygens (including phenoxy) is 1. The summed E-state index contributed by atoms with van der Waals surface area (Å²) in [6, 6.07) is 9.04. The van der Waals surface area contributed by atoms with Gasteiger partial charge in [-0.1, -0.05) is 50.6 Å². The molecule has 2 amide bonds. The van der Waals surface area contributed by atoms with Gasteiger partial charge in [-0.05, 0) is 42.8 Å². The van der Waals surface area contributed by atoms with Gasteiger partial charge < -0.3 is 15.4 Å². The fourth-order valence-electron chi connectivity index (χ4n) is 4.03. The van der Waals surface area contributed by atoms with Crippen LogP contribution in [0.3, 0.4) is 0 Å². The molecule has 196 valence electrons. The molecule has 2 N–H and O–H groups in total. The number of nitrogens with one attached hydrogen (secondary N) is 2. The van der Waals surface area contributed by atoms with Crippen LogP contribution in [0, 0.1) is 5.92 Å². The smallest absolute Gasteiger partial charge is 0.331 e. The molecule has 1 aromatic carbocycles. The quantitative estimate of drug-likeness (QED) is 0.262. The Morgan fingerprint density at radius 3 is 2.63 bits per heavy atom. The van der Waals surface area contributed by atoms with Crippen molar-refractivity contribution < 1.29 is 24.0 Å². The lowest BCUT2D eigenvalue weighted by atomic mass is 9.99. The van der Waals surface area contributed by atoms with E-state index in [1.54, 1.807) is 11.8 Å². The van der Waals surface area contributed by atoms with Crippen molar-refractivity contribution in [2.24, 2.45) is 5.92 Å². The number of carbonyl (C=O) groups excluding carboxylic acids is 3. The first-order valence-electron chi connectivity index (χ1n) is 12.5. The van der Waals surface area contributed by atoms with E-state index in [-0.39, 0.29) is 42.8 Å². The Balaban J connectivity index is 2.11. The molecule has 1 heterocycles. The third-order valence-corrected chi connectivity index (χ3v) is 7.15. The first kappa shape index (κ1) is 29.1. The van der Waals surface area contributed by atoms with Crippen molar-refractivity contribution in [2.45, 2.75) is 70.5 Å². The van der Waals surface area contributed by atoms with Gasteiger partial charge in [0.15, 0.2) is 6.04 Å². The molecule has 2 rings (SSSR count). The molecular formula is C26H41N3O5S. The Bertz CT molecular complexity index is 794. The van der Waals surface area contributed by atoms with Crippen LogP contribution < -0.4 is 10.6 Å². The van der Waals surface area contributed by atoms with E-state index in [9.17, 15) is 14.4 Å². The van der Waals surface area contributed by atoms with E-state index < -0.39 is 12.0 Å². The zero-order valence-electron chi connectivity index (χ0n) is 21.5. The van der Waals surface area contributed by atoms with Gasteiger partial charge in [-0.15, -0.1) is 0 Å². The van der Waals surface area contributed by atoms with E-state index in [0.717, 1.165) is 18.4 Å². The van der Waals surface area contributed by atoms with Gasteiger partial charge >= 0.3 is 5.97 Å². The van der Waals surface area contributed by atoms with E-state index in [1.165, 1.54) is 12.2 Å². The molecule has 1 saturated heterocycles. The summed E-state index contributed by atoms with van der Waals surface area (Å²) in [4.78, 5) is 43.6. The Labute approximate surface area is 213 Å². The average Bonchev–Trinajstić information content (AvgIpc) is 3.30. The zero-order valence-corrected chi connectivity index (χ0v) is 22.3. The molecule has 0 aliphatic carbocycles. The van der Waals surface area contributed by atoms with Crippen molar-refractivity contribution in [3.8, 4) is 0 Å². The van der Waals surface area contributed by atoms with Gasteiger partial charge in [0.1, 0.15) is 0 Å². The number of carbonyl (C=O) groups is 3. The SMILES string of the molecule is CC[C@H](C)[C@@H](CON(C(=O)CCc1ccccc1)[C@@H](CCSC)C(=O)OC)NC[C@@H]1CCC(=O)N1. The summed E-state index contributed by atoms with van der Waals surface area (Å²) in [5.41, 5.74) is 1.05. The van der Waals surface area contributed by atoms with Crippen LogP contribution in [0.4, 0.5) is 0 Å². The predicted octanol–water partition coefficient (Wildman–Crippen LogP) is 2.96. The highest BCUT2D eigenvalue weighted by Gasteiger charge is 2.33. The van der Waals surface area contributed by atoms with Crippen LogP contribution in [0.25, 0.3) is 0 Å². The standard InChI is InChI=1S/C26H41N3O5S/c1-5-19(2)22(27-17-21-12-13-24(30)28-21)18-34-29(23(15-16-35-4)26(32)33-3)25(31)14-11-20-9-7-6-8-10-20/h6-10,19,21-23,27H,5,11-18H2,1-4H3,(H,28,30)/t19-,21-,22+,23-/m0/s1. The molecule has 1 aromatic rings. The highest BCUT2D eigenvalue weighted by atomic mass is 32.2. The Morgan fingerprint density at radius 1 is 1.29 bits per heavy atom. The molecule has 0 bridgehead atoms. The van der Waals surface area contributed by atoms with E-state index in [1.807, 2.05) is 36.6 Å².